The van der Waals surface area contributed by atoms with Crippen molar-refractivity contribution in [2.75, 3.05) is 7.11 Å². The lowest BCUT2D eigenvalue weighted by atomic mass is 10.1. The van der Waals surface area contributed by atoms with Crippen molar-refractivity contribution in [3.05, 3.63) is 39.6 Å². The van der Waals surface area contributed by atoms with Crippen LogP contribution >= 0.6 is 0 Å². The molecule has 0 saturated heterocycles. The van der Waals surface area contributed by atoms with E-state index >= 15 is 0 Å². The molecule has 20 heavy (non-hydrogen) atoms. The van der Waals surface area contributed by atoms with Gasteiger partial charge in [-0.05, 0) is 43.4 Å². The van der Waals surface area contributed by atoms with E-state index in [1.165, 1.54) is 25.8 Å². The second-order valence-corrected chi connectivity index (χ2v) is 4.98. The van der Waals surface area contributed by atoms with Gasteiger partial charge in [-0.25, -0.2) is 0 Å². The van der Waals surface area contributed by atoms with Crippen molar-refractivity contribution in [2.45, 2.75) is 38.7 Å². The van der Waals surface area contributed by atoms with E-state index in [9.17, 15) is 10.1 Å². The molecule has 108 valence electrons. The van der Waals surface area contributed by atoms with Crippen LogP contribution in [0.1, 0.15) is 38.2 Å². The fourth-order valence-electron chi connectivity index (χ4n) is 2.35. The zero-order valence-electron chi connectivity index (χ0n) is 11.8. The smallest absolute Gasteiger partial charge is 0.243 e. The lowest BCUT2D eigenvalue weighted by Crippen LogP contribution is -2.11. The molecule has 0 heterocycles. The third kappa shape index (κ3) is 3.50. The van der Waals surface area contributed by atoms with Gasteiger partial charge in [-0.15, -0.1) is 0 Å². The molecule has 0 aliphatic heterocycles. The Balaban J connectivity index is 2.23. The first kappa shape index (κ1) is 14.4. The Morgan fingerprint density at radius 1 is 1.35 bits per heavy atom. The van der Waals surface area contributed by atoms with Gasteiger partial charge in [0.25, 0.3) is 0 Å². The Hall–Kier alpha value is -2.04. The van der Waals surface area contributed by atoms with Crippen LogP contribution in [-0.4, -0.2) is 18.1 Å². The van der Waals surface area contributed by atoms with E-state index in [-0.39, 0.29) is 11.8 Å². The predicted octanol–water partition coefficient (Wildman–Crippen LogP) is 3.65. The summed E-state index contributed by atoms with van der Waals surface area (Å²) in [6.07, 6.45) is 6.23. The second kappa shape index (κ2) is 6.41. The van der Waals surface area contributed by atoms with Gasteiger partial charge in [-0.2, -0.15) is 0 Å². The molecule has 0 aromatic heterocycles. The highest BCUT2D eigenvalue weighted by atomic mass is 16.6. The molecule has 0 bridgehead atoms. The molecule has 2 rings (SSSR count). The Morgan fingerprint density at radius 2 is 2.05 bits per heavy atom. The Morgan fingerprint density at radius 3 is 2.65 bits per heavy atom. The second-order valence-electron chi connectivity index (χ2n) is 4.98. The molecule has 0 atom stereocenters. The Kier molecular flexibility index (Phi) is 4.61. The summed E-state index contributed by atoms with van der Waals surface area (Å²) in [6.45, 7) is 1.47. The van der Waals surface area contributed by atoms with Gasteiger partial charge in [0.05, 0.1) is 18.1 Å². The topological polar surface area (TPSA) is 61.6 Å². The summed E-state index contributed by atoms with van der Waals surface area (Å²) in [5, 5.41) is 10.7. The number of nitrogens with zero attached hydrogens (tertiary/aromatic N) is 1. The molecule has 5 heteroatoms. The highest BCUT2D eigenvalue weighted by Gasteiger charge is 2.18. The van der Waals surface area contributed by atoms with E-state index in [0.29, 0.717) is 11.5 Å². The number of ether oxygens (including phenoxy) is 2. The molecule has 1 fully saturated rings. The van der Waals surface area contributed by atoms with Crippen LogP contribution in [0.3, 0.4) is 0 Å². The van der Waals surface area contributed by atoms with Gasteiger partial charge in [-0.3, -0.25) is 10.1 Å². The van der Waals surface area contributed by atoms with Gasteiger partial charge in [0.1, 0.15) is 0 Å². The molecule has 1 aromatic carbocycles. The minimum absolute atomic E-state index is 0.0991. The highest BCUT2D eigenvalue weighted by molar-refractivity contribution is 5.56. The van der Waals surface area contributed by atoms with Crippen LogP contribution in [0.2, 0.25) is 0 Å². The molecular weight excluding hydrogens is 258 g/mol. The molecule has 5 nitrogen and oxygen atoms in total. The molecule has 1 aromatic rings. The van der Waals surface area contributed by atoms with Gasteiger partial charge in [0.15, 0.2) is 11.5 Å². The maximum atomic E-state index is 10.7. The minimum Gasteiger partial charge on any atom is -0.493 e. The average Bonchev–Trinajstić information content (AvgIpc) is 2.92. The molecule has 0 unspecified atom stereocenters. The van der Waals surface area contributed by atoms with E-state index < -0.39 is 4.92 Å². The maximum absolute atomic E-state index is 10.7. The maximum Gasteiger partial charge on any atom is 0.243 e. The molecule has 0 radical (unpaired) electrons. The minimum atomic E-state index is -0.401. The Bertz CT molecular complexity index is 519. The standard InChI is InChI=1S/C15H19NO4/c1-11(16(17)18)9-12-7-8-14(19-2)15(10-12)20-13-5-3-4-6-13/h7-10,13H,3-6H2,1-2H3/b11-9+. The van der Waals surface area contributed by atoms with Crippen LogP contribution in [0.4, 0.5) is 0 Å². The highest BCUT2D eigenvalue weighted by Crippen LogP contribution is 2.32. The van der Waals surface area contributed by atoms with Gasteiger partial charge >= 0.3 is 0 Å². The molecule has 1 saturated carbocycles. The third-order valence-corrected chi connectivity index (χ3v) is 3.45. The summed E-state index contributed by atoms with van der Waals surface area (Å²) < 4.78 is 11.2. The lowest BCUT2D eigenvalue weighted by Gasteiger charge is -2.16. The summed E-state index contributed by atoms with van der Waals surface area (Å²) in [6, 6.07) is 5.36. The summed E-state index contributed by atoms with van der Waals surface area (Å²) >= 11 is 0. The number of hydrogen-bond donors (Lipinski definition) is 0. The van der Waals surface area contributed by atoms with Crippen LogP contribution in [-0.2, 0) is 0 Å². The number of hydrogen-bond acceptors (Lipinski definition) is 4. The average molecular weight is 277 g/mol. The molecule has 0 spiro atoms. The molecule has 0 amide bonds. The van der Waals surface area contributed by atoms with Crippen molar-refractivity contribution < 1.29 is 14.4 Å². The van der Waals surface area contributed by atoms with Crippen LogP contribution < -0.4 is 9.47 Å². The number of methoxy groups -OCH3 is 1. The van der Waals surface area contributed by atoms with E-state index in [1.54, 1.807) is 25.3 Å². The van der Waals surface area contributed by atoms with Gasteiger partial charge in [-0.1, -0.05) is 6.07 Å². The first-order chi connectivity index (χ1) is 9.60. The number of rotatable bonds is 5. The molecule has 0 N–H and O–H groups in total. The van der Waals surface area contributed by atoms with E-state index in [2.05, 4.69) is 0 Å². The SMILES string of the molecule is COc1ccc(/C=C(\C)[N+](=O)[O-])cc1OC1CCCC1. The Labute approximate surface area is 118 Å². The first-order valence-corrected chi connectivity index (χ1v) is 6.77. The summed E-state index contributed by atoms with van der Waals surface area (Å²) in [7, 11) is 1.59. The first-order valence-electron chi connectivity index (χ1n) is 6.77. The van der Waals surface area contributed by atoms with Gasteiger partial charge in [0.2, 0.25) is 5.70 Å². The number of nitro groups is 1. The van der Waals surface area contributed by atoms with Crippen LogP contribution in [0.5, 0.6) is 11.5 Å². The van der Waals surface area contributed by atoms with E-state index in [0.717, 1.165) is 18.4 Å². The monoisotopic (exact) mass is 277 g/mol. The largest absolute Gasteiger partial charge is 0.493 e. The van der Waals surface area contributed by atoms with Crippen molar-refractivity contribution in [1.82, 2.24) is 0 Å². The van der Waals surface area contributed by atoms with Crippen molar-refractivity contribution >= 4 is 6.08 Å². The van der Waals surface area contributed by atoms with Crippen molar-refractivity contribution in [3.8, 4) is 11.5 Å². The summed E-state index contributed by atoms with van der Waals surface area (Å²) in [5.74, 6) is 1.32. The third-order valence-electron chi connectivity index (χ3n) is 3.45. The van der Waals surface area contributed by atoms with Crippen molar-refractivity contribution in [3.63, 3.8) is 0 Å². The lowest BCUT2D eigenvalue weighted by molar-refractivity contribution is -0.422. The van der Waals surface area contributed by atoms with E-state index in [4.69, 9.17) is 9.47 Å². The number of allylic oxidation sites excluding steroid dienone is 1. The normalized spacial score (nSPS) is 16.2. The summed E-state index contributed by atoms with van der Waals surface area (Å²) in [4.78, 5) is 10.3. The zero-order chi connectivity index (χ0) is 14.5. The molecule has 1 aliphatic rings. The molecular formula is C15H19NO4. The van der Waals surface area contributed by atoms with Crippen molar-refractivity contribution in [2.24, 2.45) is 0 Å². The number of benzene rings is 1. The fraction of sp³-hybridized carbons (Fsp3) is 0.467. The fourth-order valence-corrected chi connectivity index (χ4v) is 2.35. The van der Waals surface area contributed by atoms with Crippen LogP contribution in [0.25, 0.3) is 6.08 Å². The zero-order valence-corrected chi connectivity index (χ0v) is 11.8. The predicted molar refractivity (Wildman–Crippen MR) is 76.5 cm³/mol. The van der Waals surface area contributed by atoms with Gasteiger partial charge in [0, 0.05) is 13.0 Å². The van der Waals surface area contributed by atoms with E-state index in [1.807, 2.05) is 0 Å². The van der Waals surface area contributed by atoms with Gasteiger partial charge < -0.3 is 9.47 Å². The quantitative estimate of drug-likeness (QED) is 0.608. The van der Waals surface area contributed by atoms with Crippen molar-refractivity contribution in [1.29, 1.82) is 0 Å². The van der Waals surface area contributed by atoms with Crippen LogP contribution in [0.15, 0.2) is 23.9 Å². The van der Waals surface area contributed by atoms with Crippen LogP contribution in [0, 0.1) is 10.1 Å². The summed E-state index contributed by atoms with van der Waals surface area (Å²) in [5.41, 5.74) is 0.843. The molecule has 1 aliphatic carbocycles.